The van der Waals surface area contributed by atoms with Crippen molar-refractivity contribution < 1.29 is 22.7 Å². The maximum Gasteiger partial charge on any atom is 0.306 e. The van der Waals surface area contributed by atoms with E-state index in [0.29, 0.717) is 23.7 Å². The molecule has 0 saturated heterocycles. The van der Waals surface area contributed by atoms with Crippen molar-refractivity contribution in [2.75, 3.05) is 13.2 Å². The number of sulfonamides is 1. The Bertz CT molecular complexity index is 1060. The van der Waals surface area contributed by atoms with Crippen LogP contribution in [0, 0.1) is 5.41 Å². The second-order valence-corrected chi connectivity index (χ2v) is 10.8. The van der Waals surface area contributed by atoms with Crippen molar-refractivity contribution in [2.45, 2.75) is 56.8 Å². The molecule has 8 heteroatoms. The Morgan fingerprint density at radius 1 is 1.00 bits per heavy atom. The van der Waals surface area contributed by atoms with E-state index in [1.165, 1.54) is 12.1 Å². The molecule has 1 aliphatic rings. The molecule has 178 valence electrons. The van der Waals surface area contributed by atoms with Crippen LogP contribution in [0.15, 0.2) is 53.4 Å². The smallest absolute Gasteiger partial charge is 0.306 e. The van der Waals surface area contributed by atoms with E-state index in [-0.39, 0.29) is 34.9 Å². The summed E-state index contributed by atoms with van der Waals surface area (Å²) in [7, 11) is -3.62. The van der Waals surface area contributed by atoms with Crippen LogP contribution in [0.3, 0.4) is 0 Å². The molecule has 0 aliphatic heterocycles. The minimum Gasteiger partial charge on any atom is -0.466 e. The molecule has 0 unspecified atom stereocenters. The first-order chi connectivity index (χ1) is 15.7. The van der Waals surface area contributed by atoms with Gasteiger partial charge in [0.1, 0.15) is 0 Å². The summed E-state index contributed by atoms with van der Waals surface area (Å²) in [6, 6.07) is 13.5. The Labute approximate surface area is 200 Å². The number of esters is 1. The fourth-order valence-electron chi connectivity index (χ4n) is 4.32. The average molecular weight is 492 g/mol. The molecule has 3 rings (SSSR count). The van der Waals surface area contributed by atoms with E-state index in [4.69, 9.17) is 16.3 Å². The first-order valence-electron chi connectivity index (χ1n) is 11.3. The number of rotatable bonds is 11. The lowest BCUT2D eigenvalue weighted by Crippen LogP contribution is -2.37. The summed E-state index contributed by atoms with van der Waals surface area (Å²) in [5, 5.41) is 0.490. The highest BCUT2D eigenvalue weighted by Gasteiger charge is 2.35. The summed E-state index contributed by atoms with van der Waals surface area (Å²) in [6.07, 6.45) is 4.93. The van der Waals surface area contributed by atoms with Crippen molar-refractivity contribution in [3.05, 3.63) is 64.7 Å². The molecular formula is C25H30ClNO5S. The molecule has 0 radical (unpaired) electrons. The van der Waals surface area contributed by atoms with Gasteiger partial charge in [0.25, 0.3) is 0 Å². The molecule has 0 atom stereocenters. The third-order valence-corrected chi connectivity index (χ3v) is 7.81. The first-order valence-corrected chi connectivity index (χ1v) is 13.1. The van der Waals surface area contributed by atoms with Gasteiger partial charge in [-0.2, -0.15) is 0 Å². The van der Waals surface area contributed by atoms with Crippen LogP contribution in [0.4, 0.5) is 0 Å². The van der Waals surface area contributed by atoms with Gasteiger partial charge in [0, 0.05) is 23.6 Å². The highest BCUT2D eigenvalue weighted by Crippen LogP contribution is 2.41. The Morgan fingerprint density at radius 2 is 1.64 bits per heavy atom. The topological polar surface area (TPSA) is 89.5 Å². The molecule has 6 nitrogen and oxygen atoms in total. The van der Waals surface area contributed by atoms with Crippen LogP contribution in [0.1, 0.15) is 61.4 Å². The monoisotopic (exact) mass is 491 g/mol. The molecule has 1 N–H and O–H groups in total. The minimum atomic E-state index is -3.62. The second-order valence-electron chi connectivity index (χ2n) is 8.59. The van der Waals surface area contributed by atoms with Crippen LogP contribution in [-0.2, 0) is 26.0 Å². The van der Waals surface area contributed by atoms with Gasteiger partial charge in [0.2, 0.25) is 10.0 Å². The Morgan fingerprint density at radius 3 is 2.24 bits per heavy atom. The fourth-order valence-corrected chi connectivity index (χ4v) is 5.60. The zero-order valence-corrected chi connectivity index (χ0v) is 20.4. The molecule has 2 aromatic carbocycles. The lowest BCUT2D eigenvalue weighted by Gasteiger charge is -2.29. The number of carbonyl (C=O) groups is 2. The van der Waals surface area contributed by atoms with Gasteiger partial charge in [-0.25, -0.2) is 13.1 Å². The van der Waals surface area contributed by atoms with Crippen LogP contribution in [0.2, 0.25) is 5.02 Å². The van der Waals surface area contributed by atoms with Crippen LogP contribution in [0.25, 0.3) is 0 Å². The van der Waals surface area contributed by atoms with Gasteiger partial charge in [0.15, 0.2) is 5.78 Å². The third kappa shape index (κ3) is 7.13. The number of nitrogens with one attached hydrogen (secondary N) is 1. The van der Waals surface area contributed by atoms with Crippen LogP contribution in [-0.4, -0.2) is 33.3 Å². The molecule has 1 saturated carbocycles. The highest BCUT2D eigenvalue weighted by atomic mass is 35.5. The molecule has 0 bridgehead atoms. The lowest BCUT2D eigenvalue weighted by molar-refractivity contribution is -0.143. The van der Waals surface area contributed by atoms with Gasteiger partial charge in [-0.3, -0.25) is 9.59 Å². The number of Topliss-reactive ketones (excluding diaryl/α,β-unsaturated/α-hetero) is 1. The second kappa shape index (κ2) is 11.3. The number of hydrogen-bond acceptors (Lipinski definition) is 5. The summed E-state index contributed by atoms with van der Waals surface area (Å²) in [4.78, 5) is 24.0. The normalized spacial score (nSPS) is 15.3. The molecule has 1 fully saturated rings. The van der Waals surface area contributed by atoms with Crippen LogP contribution in [0.5, 0.6) is 0 Å². The van der Waals surface area contributed by atoms with E-state index in [0.717, 1.165) is 37.7 Å². The van der Waals surface area contributed by atoms with E-state index >= 15 is 0 Å². The third-order valence-electron chi connectivity index (χ3n) is 6.14. The van der Waals surface area contributed by atoms with E-state index in [2.05, 4.69) is 4.72 Å². The first kappa shape index (κ1) is 25.4. The van der Waals surface area contributed by atoms with Gasteiger partial charge in [0.05, 0.1) is 17.9 Å². The van der Waals surface area contributed by atoms with E-state index < -0.39 is 10.0 Å². The van der Waals surface area contributed by atoms with Gasteiger partial charge >= 0.3 is 5.97 Å². The summed E-state index contributed by atoms with van der Waals surface area (Å²) in [6.45, 7) is 2.40. The van der Waals surface area contributed by atoms with Gasteiger partial charge < -0.3 is 4.74 Å². The molecular weight excluding hydrogens is 462 g/mol. The maximum atomic E-state index is 12.7. The van der Waals surface area contributed by atoms with Crippen LogP contribution < -0.4 is 4.72 Å². The summed E-state index contributed by atoms with van der Waals surface area (Å²) >= 11 is 5.87. The van der Waals surface area contributed by atoms with Crippen molar-refractivity contribution in [3.8, 4) is 0 Å². The molecule has 0 aromatic heterocycles. The van der Waals surface area contributed by atoms with Crippen molar-refractivity contribution in [3.63, 3.8) is 0 Å². The standard InChI is InChI=1S/C25H30ClNO5S/c1-2-32-24(29)14-13-23(28)20-7-5-19(6-8-20)17-25(15-3-4-16-25)18-27-33(30,31)22-11-9-21(26)10-12-22/h5-12,27H,2-4,13-18H2,1H3. The number of benzene rings is 2. The maximum absolute atomic E-state index is 12.7. The van der Waals surface area contributed by atoms with Gasteiger partial charge in [-0.05, 0) is 61.4 Å². The molecule has 33 heavy (non-hydrogen) atoms. The summed E-state index contributed by atoms with van der Waals surface area (Å²) in [5.74, 6) is -0.465. The Kier molecular flexibility index (Phi) is 8.68. The number of hydrogen-bond donors (Lipinski definition) is 1. The van der Waals surface area contributed by atoms with E-state index in [1.54, 1.807) is 31.2 Å². The quantitative estimate of drug-likeness (QED) is 0.355. The molecule has 2 aromatic rings. The number of ketones is 1. The van der Waals surface area contributed by atoms with E-state index in [9.17, 15) is 18.0 Å². The van der Waals surface area contributed by atoms with E-state index in [1.807, 2.05) is 12.1 Å². The number of ether oxygens (including phenoxy) is 1. The lowest BCUT2D eigenvalue weighted by atomic mass is 9.80. The van der Waals surface area contributed by atoms with Crippen molar-refractivity contribution in [1.29, 1.82) is 0 Å². The van der Waals surface area contributed by atoms with Gasteiger partial charge in [-0.1, -0.05) is 48.7 Å². The van der Waals surface area contributed by atoms with Crippen molar-refractivity contribution in [2.24, 2.45) is 5.41 Å². The Balaban J connectivity index is 1.62. The molecule has 0 amide bonds. The minimum absolute atomic E-state index is 0.0747. The number of halogens is 1. The van der Waals surface area contributed by atoms with Gasteiger partial charge in [-0.15, -0.1) is 0 Å². The zero-order valence-electron chi connectivity index (χ0n) is 18.8. The number of carbonyl (C=O) groups excluding carboxylic acids is 2. The zero-order chi connectivity index (χ0) is 23.9. The van der Waals surface area contributed by atoms with Crippen molar-refractivity contribution in [1.82, 2.24) is 4.72 Å². The highest BCUT2D eigenvalue weighted by molar-refractivity contribution is 7.89. The molecule has 0 spiro atoms. The Hall–Kier alpha value is -2.22. The molecule has 1 aliphatic carbocycles. The average Bonchev–Trinajstić information content (AvgIpc) is 3.26. The summed E-state index contributed by atoms with van der Waals surface area (Å²) in [5.41, 5.74) is 1.46. The van der Waals surface area contributed by atoms with Crippen LogP contribution >= 0.6 is 11.6 Å². The SMILES string of the molecule is CCOC(=O)CCC(=O)c1ccc(CC2(CNS(=O)(=O)c3ccc(Cl)cc3)CCCC2)cc1. The summed E-state index contributed by atoms with van der Waals surface area (Å²) < 4.78 is 33.1. The fraction of sp³-hybridized carbons (Fsp3) is 0.440. The van der Waals surface area contributed by atoms with Crippen molar-refractivity contribution >= 4 is 33.4 Å². The predicted molar refractivity (Wildman–Crippen MR) is 128 cm³/mol. The predicted octanol–water partition coefficient (Wildman–Crippen LogP) is 4.95. The molecule has 0 heterocycles. The largest absolute Gasteiger partial charge is 0.466 e.